The Morgan fingerprint density at radius 2 is 2.00 bits per heavy atom. The number of hydrogen-bond donors (Lipinski definition) is 2. The van der Waals surface area contributed by atoms with Gasteiger partial charge in [0.25, 0.3) is 0 Å². The van der Waals surface area contributed by atoms with E-state index in [4.69, 9.17) is 0 Å². The van der Waals surface area contributed by atoms with Gasteiger partial charge in [-0.05, 0) is 24.1 Å². The van der Waals surface area contributed by atoms with E-state index in [9.17, 15) is 18.3 Å². The van der Waals surface area contributed by atoms with E-state index in [0.29, 0.717) is 18.5 Å². The molecule has 96 valence electrons. The quantitative estimate of drug-likeness (QED) is 0.820. The SMILES string of the molecule is Cl.OC1CNC(c2cccc(C(F)(F)F)c2)C1. The molecule has 6 heteroatoms. The number of aliphatic hydroxyl groups excluding tert-OH is 1. The molecule has 1 aliphatic heterocycles. The number of halogens is 4. The third-order valence-electron chi connectivity index (χ3n) is 2.72. The Morgan fingerprint density at radius 1 is 1.29 bits per heavy atom. The summed E-state index contributed by atoms with van der Waals surface area (Å²) in [5.41, 5.74) is -0.0698. The fraction of sp³-hybridized carbons (Fsp3) is 0.455. The summed E-state index contributed by atoms with van der Waals surface area (Å²) in [6, 6.07) is 5.04. The van der Waals surface area contributed by atoms with Crippen LogP contribution in [-0.2, 0) is 6.18 Å². The zero-order chi connectivity index (χ0) is 11.8. The maximum atomic E-state index is 12.5. The molecule has 2 rings (SSSR count). The number of β-amino-alcohol motifs (C(OH)–C–C–N with tert-alkyl or cyclic N) is 1. The molecule has 1 saturated heterocycles. The number of alkyl halides is 3. The molecule has 2 nitrogen and oxygen atoms in total. The second-order valence-corrected chi connectivity index (χ2v) is 3.97. The van der Waals surface area contributed by atoms with Crippen LogP contribution < -0.4 is 5.32 Å². The summed E-state index contributed by atoms with van der Waals surface area (Å²) in [6.07, 6.45) is -4.33. The van der Waals surface area contributed by atoms with Crippen molar-refractivity contribution in [3.8, 4) is 0 Å². The van der Waals surface area contributed by atoms with Gasteiger partial charge in [0.15, 0.2) is 0 Å². The first-order valence-corrected chi connectivity index (χ1v) is 5.05. The minimum absolute atomic E-state index is 0. The van der Waals surface area contributed by atoms with Gasteiger partial charge < -0.3 is 10.4 Å². The molecule has 0 bridgehead atoms. The van der Waals surface area contributed by atoms with Crippen LogP contribution in [0, 0.1) is 0 Å². The molecule has 1 aromatic rings. The highest BCUT2D eigenvalue weighted by Crippen LogP contribution is 2.32. The lowest BCUT2D eigenvalue weighted by Crippen LogP contribution is -2.15. The number of benzene rings is 1. The van der Waals surface area contributed by atoms with Gasteiger partial charge in [-0.2, -0.15) is 13.2 Å². The molecule has 0 aromatic heterocycles. The minimum atomic E-state index is -4.31. The molecule has 17 heavy (non-hydrogen) atoms. The van der Waals surface area contributed by atoms with Crippen molar-refractivity contribution >= 4 is 12.4 Å². The molecule has 0 radical (unpaired) electrons. The average Bonchev–Trinajstić information content (AvgIpc) is 2.64. The van der Waals surface area contributed by atoms with Crippen LogP contribution in [0.3, 0.4) is 0 Å². The highest BCUT2D eigenvalue weighted by molar-refractivity contribution is 5.85. The highest BCUT2D eigenvalue weighted by atomic mass is 35.5. The largest absolute Gasteiger partial charge is 0.416 e. The molecule has 1 aromatic carbocycles. The van der Waals surface area contributed by atoms with Gasteiger partial charge >= 0.3 is 6.18 Å². The molecule has 0 amide bonds. The molecule has 1 fully saturated rings. The monoisotopic (exact) mass is 267 g/mol. The fourth-order valence-corrected chi connectivity index (χ4v) is 1.90. The van der Waals surface area contributed by atoms with E-state index in [1.165, 1.54) is 6.07 Å². The van der Waals surface area contributed by atoms with E-state index >= 15 is 0 Å². The van der Waals surface area contributed by atoms with Crippen molar-refractivity contribution in [1.29, 1.82) is 0 Å². The van der Waals surface area contributed by atoms with E-state index < -0.39 is 17.8 Å². The van der Waals surface area contributed by atoms with Crippen LogP contribution in [0.5, 0.6) is 0 Å². The van der Waals surface area contributed by atoms with Crippen LogP contribution in [0.1, 0.15) is 23.6 Å². The summed E-state index contributed by atoms with van der Waals surface area (Å²) >= 11 is 0. The Morgan fingerprint density at radius 3 is 2.53 bits per heavy atom. The lowest BCUT2D eigenvalue weighted by molar-refractivity contribution is -0.137. The van der Waals surface area contributed by atoms with E-state index in [-0.39, 0.29) is 18.4 Å². The predicted molar refractivity (Wildman–Crippen MR) is 60.1 cm³/mol. The topological polar surface area (TPSA) is 32.3 Å². The van der Waals surface area contributed by atoms with Crippen LogP contribution in [0.25, 0.3) is 0 Å². The second-order valence-electron chi connectivity index (χ2n) is 3.97. The van der Waals surface area contributed by atoms with Gasteiger partial charge in [0.2, 0.25) is 0 Å². The number of hydrogen-bond acceptors (Lipinski definition) is 2. The van der Waals surface area contributed by atoms with Crippen LogP contribution in [0.15, 0.2) is 24.3 Å². The molecule has 2 atom stereocenters. The van der Waals surface area contributed by atoms with Gasteiger partial charge in [-0.1, -0.05) is 12.1 Å². The van der Waals surface area contributed by atoms with Gasteiger partial charge in [0, 0.05) is 12.6 Å². The molecule has 0 aliphatic carbocycles. The molecular weight excluding hydrogens is 255 g/mol. The maximum absolute atomic E-state index is 12.5. The van der Waals surface area contributed by atoms with E-state index in [1.807, 2.05) is 0 Å². The Hall–Kier alpha value is -0.780. The maximum Gasteiger partial charge on any atom is 0.416 e. The summed E-state index contributed by atoms with van der Waals surface area (Å²) in [7, 11) is 0. The van der Waals surface area contributed by atoms with Crippen LogP contribution >= 0.6 is 12.4 Å². The molecule has 2 unspecified atom stereocenters. The molecule has 0 saturated carbocycles. The summed E-state index contributed by atoms with van der Waals surface area (Å²) in [6.45, 7) is 0.431. The lowest BCUT2D eigenvalue weighted by atomic mass is 10.0. The lowest BCUT2D eigenvalue weighted by Gasteiger charge is -2.13. The van der Waals surface area contributed by atoms with Crippen LogP contribution in [0.4, 0.5) is 13.2 Å². The summed E-state index contributed by atoms with van der Waals surface area (Å²) in [4.78, 5) is 0. The zero-order valence-electron chi connectivity index (χ0n) is 8.87. The van der Waals surface area contributed by atoms with Gasteiger partial charge in [0.05, 0.1) is 11.7 Å². The Bertz CT molecular complexity index is 383. The summed E-state index contributed by atoms with van der Waals surface area (Å²) < 4.78 is 37.4. The molecule has 1 heterocycles. The smallest absolute Gasteiger partial charge is 0.392 e. The second kappa shape index (κ2) is 5.25. The third-order valence-corrected chi connectivity index (χ3v) is 2.72. The normalized spacial score (nSPS) is 24.5. The number of aliphatic hydroxyl groups is 1. The van der Waals surface area contributed by atoms with Crippen molar-refractivity contribution in [2.45, 2.75) is 24.7 Å². The zero-order valence-corrected chi connectivity index (χ0v) is 9.68. The summed E-state index contributed by atoms with van der Waals surface area (Å²) in [5, 5.41) is 12.3. The minimum Gasteiger partial charge on any atom is -0.392 e. The fourth-order valence-electron chi connectivity index (χ4n) is 1.90. The van der Waals surface area contributed by atoms with E-state index in [0.717, 1.165) is 12.1 Å². The van der Waals surface area contributed by atoms with Crippen molar-refractivity contribution in [2.75, 3.05) is 6.54 Å². The third kappa shape index (κ3) is 3.34. The van der Waals surface area contributed by atoms with Crippen molar-refractivity contribution < 1.29 is 18.3 Å². The Kier molecular flexibility index (Phi) is 4.41. The standard InChI is InChI=1S/C11H12F3NO.ClH/c12-11(13,14)8-3-1-2-7(4-8)10-5-9(16)6-15-10;/h1-4,9-10,15-16H,5-6H2;1H. The van der Waals surface area contributed by atoms with Crippen molar-refractivity contribution in [3.05, 3.63) is 35.4 Å². The molecule has 2 N–H and O–H groups in total. The highest BCUT2D eigenvalue weighted by Gasteiger charge is 2.31. The average molecular weight is 268 g/mol. The van der Waals surface area contributed by atoms with Crippen LogP contribution in [0.2, 0.25) is 0 Å². The van der Waals surface area contributed by atoms with Gasteiger partial charge in [-0.3, -0.25) is 0 Å². The number of rotatable bonds is 1. The first-order valence-electron chi connectivity index (χ1n) is 5.05. The van der Waals surface area contributed by atoms with Crippen molar-refractivity contribution in [1.82, 2.24) is 5.32 Å². The van der Waals surface area contributed by atoms with Gasteiger partial charge in [0.1, 0.15) is 0 Å². The van der Waals surface area contributed by atoms with E-state index in [2.05, 4.69) is 5.32 Å². The summed E-state index contributed by atoms with van der Waals surface area (Å²) in [5.74, 6) is 0. The molecular formula is C11H13ClF3NO. The molecule has 0 spiro atoms. The first kappa shape index (κ1) is 14.3. The molecule has 1 aliphatic rings. The van der Waals surface area contributed by atoms with Gasteiger partial charge in [-0.15, -0.1) is 12.4 Å². The van der Waals surface area contributed by atoms with Crippen molar-refractivity contribution in [3.63, 3.8) is 0 Å². The van der Waals surface area contributed by atoms with Gasteiger partial charge in [-0.25, -0.2) is 0 Å². The van der Waals surface area contributed by atoms with Crippen LogP contribution in [-0.4, -0.2) is 17.8 Å². The van der Waals surface area contributed by atoms with Crippen molar-refractivity contribution in [2.24, 2.45) is 0 Å². The number of nitrogens with one attached hydrogen (secondary N) is 1. The Balaban J connectivity index is 0.00000144. The first-order chi connectivity index (χ1) is 7.47. The predicted octanol–water partition coefficient (Wildman–Crippen LogP) is 2.52. The Labute approximate surface area is 103 Å². The van der Waals surface area contributed by atoms with E-state index in [1.54, 1.807) is 6.07 Å².